The fourth-order valence-corrected chi connectivity index (χ4v) is 8.51. The summed E-state index contributed by atoms with van der Waals surface area (Å²) in [4.78, 5) is 0. The van der Waals surface area contributed by atoms with Crippen LogP contribution in [-0.4, -0.2) is 33.6 Å². The molecule has 3 nitrogen and oxygen atoms in total. The first-order valence-electron chi connectivity index (χ1n) is 16.1. The van der Waals surface area contributed by atoms with Crippen LogP contribution in [0.15, 0.2) is 71.9 Å². The van der Waals surface area contributed by atoms with Gasteiger partial charge in [0.1, 0.15) is 0 Å². The predicted molar refractivity (Wildman–Crippen MR) is 165 cm³/mol. The highest BCUT2D eigenvalue weighted by Gasteiger charge is 2.51. The van der Waals surface area contributed by atoms with Crippen LogP contribution in [-0.2, 0) is 11.8 Å². The van der Waals surface area contributed by atoms with Crippen LogP contribution in [0, 0.1) is 23.2 Å². The molecule has 1 aromatic rings. The molecule has 0 unspecified atom stereocenters. The maximum atomic E-state index is 11.4. The molecule has 4 saturated carbocycles. The lowest BCUT2D eigenvalue weighted by Crippen LogP contribution is -2.35. The number of aliphatic hydroxyl groups excluding tert-OH is 3. The highest BCUT2D eigenvalue weighted by atomic mass is 16.3. The summed E-state index contributed by atoms with van der Waals surface area (Å²) in [6.07, 6.45) is 20.0. The number of fused-ring (bicyclic) bond motifs is 1. The molecule has 0 aliphatic heterocycles. The van der Waals surface area contributed by atoms with Gasteiger partial charge in [0.15, 0.2) is 0 Å². The molecule has 0 heterocycles. The Morgan fingerprint density at radius 2 is 1.90 bits per heavy atom. The van der Waals surface area contributed by atoms with Gasteiger partial charge in [-0.15, -0.1) is 0 Å². The Balaban J connectivity index is 1.27. The van der Waals surface area contributed by atoms with E-state index in [0.29, 0.717) is 30.6 Å². The number of aryl methyl sites for hydroxylation is 1. The van der Waals surface area contributed by atoms with Crippen LogP contribution < -0.4 is 0 Å². The van der Waals surface area contributed by atoms with Crippen LogP contribution in [0.1, 0.15) is 103 Å². The first kappa shape index (κ1) is 29.5. The van der Waals surface area contributed by atoms with E-state index in [-0.39, 0.29) is 10.8 Å². The highest BCUT2D eigenvalue weighted by Crippen LogP contribution is 2.60. The Hall–Kier alpha value is -1.94. The van der Waals surface area contributed by atoms with Crippen LogP contribution in [0.5, 0.6) is 0 Å². The Bertz CT molecular complexity index is 1150. The summed E-state index contributed by atoms with van der Waals surface area (Å²) in [6.45, 7) is 11.2. The summed E-state index contributed by atoms with van der Waals surface area (Å²) in [5.41, 5.74) is 6.18. The Morgan fingerprint density at radius 1 is 1.10 bits per heavy atom. The van der Waals surface area contributed by atoms with Gasteiger partial charge in [0.2, 0.25) is 0 Å². The van der Waals surface area contributed by atoms with E-state index in [4.69, 9.17) is 0 Å². The van der Waals surface area contributed by atoms with E-state index in [1.165, 1.54) is 55.2 Å². The minimum absolute atomic E-state index is 0.0981. The maximum Gasteiger partial charge on any atom is 0.0817 e. The van der Waals surface area contributed by atoms with Crippen molar-refractivity contribution in [2.75, 3.05) is 0 Å². The van der Waals surface area contributed by atoms with Gasteiger partial charge in [-0.05, 0) is 110 Å². The SMILES string of the molecule is C=C1/C(=C\C=C2/CCC[C@]3(C)[C@@H]([C@H](C)/C=C/[C@@H](O)C4(c5cccc(CCCC)c5)CC4)CC[C@@H]23)C[C@@H](O)C[C@@H]1O. The van der Waals surface area contributed by atoms with Crippen LogP contribution in [0.3, 0.4) is 0 Å². The van der Waals surface area contributed by atoms with Crippen molar-refractivity contribution in [3.8, 4) is 0 Å². The molecular formula is C37H52O3. The van der Waals surface area contributed by atoms with E-state index in [1.807, 2.05) is 0 Å². The smallest absolute Gasteiger partial charge is 0.0817 e. The molecule has 40 heavy (non-hydrogen) atoms. The molecular weight excluding hydrogens is 492 g/mol. The molecule has 4 aliphatic carbocycles. The summed E-state index contributed by atoms with van der Waals surface area (Å²) < 4.78 is 0. The average Bonchev–Trinajstić information content (AvgIpc) is 3.68. The van der Waals surface area contributed by atoms with Crippen LogP contribution >= 0.6 is 0 Å². The second-order valence-corrected chi connectivity index (χ2v) is 13.8. The summed E-state index contributed by atoms with van der Waals surface area (Å²) in [7, 11) is 0. The lowest BCUT2D eigenvalue weighted by Gasteiger charge is -2.44. The molecule has 0 amide bonds. The molecule has 0 radical (unpaired) electrons. The summed E-state index contributed by atoms with van der Waals surface area (Å²) in [5.74, 6) is 1.62. The summed E-state index contributed by atoms with van der Waals surface area (Å²) in [6, 6.07) is 8.98. The van der Waals surface area contributed by atoms with Gasteiger partial charge < -0.3 is 15.3 Å². The van der Waals surface area contributed by atoms with E-state index in [2.05, 4.69) is 75.9 Å². The molecule has 0 saturated heterocycles. The van der Waals surface area contributed by atoms with Crippen LogP contribution in [0.25, 0.3) is 0 Å². The minimum Gasteiger partial charge on any atom is -0.393 e. The lowest BCUT2D eigenvalue weighted by molar-refractivity contribution is 0.0862. The van der Waals surface area contributed by atoms with Crippen molar-refractivity contribution < 1.29 is 15.3 Å². The molecule has 5 rings (SSSR count). The molecule has 1 aromatic carbocycles. The third-order valence-electron chi connectivity index (χ3n) is 11.2. The number of aliphatic hydroxyl groups is 3. The number of hydrogen-bond donors (Lipinski definition) is 3. The van der Waals surface area contributed by atoms with E-state index in [0.717, 1.165) is 36.8 Å². The van der Waals surface area contributed by atoms with Crippen molar-refractivity contribution in [1.82, 2.24) is 0 Å². The van der Waals surface area contributed by atoms with Gasteiger partial charge in [0.05, 0.1) is 18.3 Å². The molecule has 3 N–H and O–H groups in total. The van der Waals surface area contributed by atoms with E-state index in [9.17, 15) is 15.3 Å². The maximum absolute atomic E-state index is 11.4. The van der Waals surface area contributed by atoms with Crippen molar-refractivity contribution in [2.24, 2.45) is 23.2 Å². The Labute approximate surface area is 242 Å². The van der Waals surface area contributed by atoms with Gasteiger partial charge in [0.25, 0.3) is 0 Å². The second-order valence-electron chi connectivity index (χ2n) is 13.8. The monoisotopic (exact) mass is 544 g/mol. The number of benzene rings is 1. The average molecular weight is 545 g/mol. The molecule has 4 fully saturated rings. The fraction of sp³-hybridized carbons (Fsp3) is 0.622. The minimum atomic E-state index is -0.636. The molecule has 0 aromatic heterocycles. The Kier molecular flexibility index (Phi) is 8.95. The first-order valence-corrected chi connectivity index (χ1v) is 16.1. The van der Waals surface area contributed by atoms with Crippen molar-refractivity contribution in [3.05, 3.63) is 83.0 Å². The number of unbranched alkanes of at least 4 members (excludes halogenated alkanes) is 1. The van der Waals surface area contributed by atoms with Gasteiger partial charge in [-0.25, -0.2) is 0 Å². The van der Waals surface area contributed by atoms with Gasteiger partial charge in [-0.3, -0.25) is 0 Å². The number of hydrogen-bond acceptors (Lipinski definition) is 3. The zero-order chi connectivity index (χ0) is 28.5. The topological polar surface area (TPSA) is 60.7 Å². The molecule has 0 bridgehead atoms. The summed E-state index contributed by atoms with van der Waals surface area (Å²) in [5, 5.41) is 31.8. The zero-order valence-electron chi connectivity index (χ0n) is 25.1. The van der Waals surface area contributed by atoms with Gasteiger partial charge in [0, 0.05) is 11.8 Å². The van der Waals surface area contributed by atoms with Crippen LogP contribution in [0.4, 0.5) is 0 Å². The number of allylic oxidation sites excluding steroid dienone is 4. The lowest BCUT2D eigenvalue weighted by atomic mass is 9.61. The number of rotatable bonds is 9. The first-order chi connectivity index (χ1) is 19.2. The molecule has 3 heteroatoms. The predicted octanol–water partition coefficient (Wildman–Crippen LogP) is 7.76. The van der Waals surface area contributed by atoms with Gasteiger partial charge >= 0.3 is 0 Å². The standard InChI is InChI=1S/C37H52O3/c1-5-6-9-27-10-7-12-30(22-27)37(20-21-37)35(40)18-13-25(2)32-16-17-33-28(11-8-19-36(32,33)4)14-15-29-23-31(38)24-34(39)26(29)3/h7,10,12-15,18,22,25,31-35,38-40H,3,5-6,8-9,11,16-17,19-21,23-24H2,1-2,4H3/b18-13+,28-14+,29-15-/t25-,31-,32-,33+,34+,35-,36-/m1/s1. The zero-order valence-corrected chi connectivity index (χ0v) is 25.1. The van der Waals surface area contributed by atoms with Crippen molar-refractivity contribution >= 4 is 0 Å². The second kappa shape index (κ2) is 12.1. The van der Waals surface area contributed by atoms with Crippen molar-refractivity contribution in [2.45, 2.75) is 122 Å². The van der Waals surface area contributed by atoms with Crippen LogP contribution in [0.2, 0.25) is 0 Å². The normalized spacial score (nSPS) is 35.3. The quantitative estimate of drug-likeness (QED) is 0.279. The van der Waals surface area contributed by atoms with Crippen molar-refractivity contribution in [1.29, 1.82) is 0 Å². The highest BCUT2D eigenvalue weighted by molar-refractivity contribution is 5.39. The van der Waals surface area contributed by atoms with Gasteiger partial charge in [-0.2, -0.15) is 0 Å². The molecule has 4 aliphatic rings. The Morgan fingerprint density at radius 3 is 2.65 bits per heavy atom. The van der Waals surface area contributed by atoms with E-state index < -0.39 is 18.3 Å². The van der Waals surface area contributed by atoms with Gasteiger partial charge in [-0.1, -0.05) is 87.9 Å². The fourth-order valence-electron chi connectivity index (χ4n) is 8.51. The van der Waals surface area contributed by atoms with Crippen molar-refractivity contribution in [3.63, 3.8) is 0 Å². The van der Waals surface area contributed by atoms with E-state index in [1.54, 1.807) is 0 Å². The third kappa shape index (κ3) is 5.85. The van der Waals surface area contributed by atoms with E-state index >= 15 is 0 Å². The summed E-state index contributed by atoms with van der Waals surface area (Å²) >= 11 is 0. The molecule has 7 atom stereocenters. The third-order valence-corrected chi connectivity index (χ3v) is 11.2. The molecule has 0 spiro atoms. The molecule has 218 valence electrons. The largest absolute Gasteiger partial charge is 0.393 e.